The van der Waals surface area contributed by atoms with Gasteiger partial charge in [0.2, 0.25) is 0 Å². The number of rotatable bonds is 1. The minimum atomic E-state index is -0.751. The van der Waals surface area contributed by atoms with Crippen LogP contribution in [0.15, 0.2) is 0 Å². The molecule has 1 fully saturated rings. The minimum Gasteiger partial charge on any atom is -0.481 e. The third-order valence-corrected chi connectivity index (χ3v) is 5.30. The lowest BCUT2D eigenvalue weighted by atomic mass is 10.3. The maximum atomic E-state index is 10.5. The van der Waals surface area contributed by atoms with Gasteiger partial charge in [0.25, 0.3) is 0 Å². The van der Waals surface area contributed by atoms with E-state index in [0.29, 0.717) is 0 Å². The lowest BCUT2D eigenvalue weighted by molar-refractivity contribution is -0.138. The van der Waals surface area contributed by atoms with Crippen molar-refractivity contribution in [3.05, 3.63) is 0 Å². The molecule has 0 bridgehead atoms. The number of carboxylic acids is 1. The van der Waals surface area contributed by atoms with Crippen molar-refractivity contribution in [1.82, 2.24) is 0 Å². The Bertz CT molecular complexity index is 172. The Morgan fingerprint density at radius 3 is 1.70 bits per heavy atom. The molecule has 0 aromatic carbocycles. The Balaban J connectivity index is 2.81. The second kappa shape index (κ2) is 1.97. The fourth-order valence-electron chi connectivity index (χ4n) is 1.18. The van der Waals surface area contributed by atoms with Crippen LogP contribution in [0.2, 0.25) is 0 Å². The van der Waals surface area contributed by atoms with Crippen LogP contribution >= 0.6 is 31.9 Å². The molecule has 10 heavy (non-hydrogen) atoms. The van der Waals surface area contributed by atoms with Crippen LogP contribution in [0.3, 0.4) is 0 Å². The molecule has 1 aliphatic carbocycles. The van der Waals surface area contributed by atoms with E-state index in [0.717, 1.165) is 0 Å². The molecule has 0 amide bonds. The average Bonchev–Trinajstić information content (AvgIpc) is 1.97. The minimum absolute atomic E-state index is 0.286. The SMILES string of the molecule is CC1(Br)C(C(=O)O)C1(C)Br. The molecule has 58 valence electrons. The number of aliphatic carboxylic acids is 1. The van der Waals surface area contributed by atoms with Crippen molar-refractivity contribution in [3.63, 3.8) is 0 Å². The molecular formula is C6H8Br2O2. The third-order valence-electron chi connectivity index (χ3n) is 2.20. The maximum Gasteiger partial charge on any atom is 0.309 e. The van der Waals surface area contributed by atoms with Crippen LogP contribution in [-0.2, 0) is 4.79 Å². The van der Waals surface area contributed by atoms with Crippen molar-refractivity contribution in [2.75, 3.05) is 0 Å². The quantitative estimate of drug-likeness (QED) is 0.741. The summed E-state index contributed by atoms with van der Waals surface area (Å²) in [6, 6.07) is 0. The highest BCUT2D eigenvalue weighted by Gasteiger charge is 2.72. The van der Waals surface area contributed by atoms with Gasteiger partial charge < -0.3 is 5.11 Å². The van der Waals surface area contributed by atoms with E-state index >= 15 is 0 Å². The smallest absolute Gasteiger partial charge is 0.309 e. The number of halogens is 2. The lowest BCUT2D eigenvalue weighted by Crippen LogP contribution is -2.05. The van der Waals surface area contributed by atoms with Crippen molar-refractivity contribution < 1.29 is 9.90 Å². The topological polar surface area (TPSA) is 37.3 Å². The molecule has 1 saturated carbocycles. The molecule has 0 heterocycles. The summed E-state index contributed by atoms with van der Waals surface area (Å²) in [5.74, 6) is -1.07. The molecule has 0 aliphatic heterocycles. The summed E-state index contributed by atoms with van der Waals surface area (Å²) in [5.41, 5.74) is 0. The van der Waals surface area contributed by atoms with Crippen LogP contribution in [0, 0.1) is 5.92 Å². The summed E-state index contributed by atoms with van der Waals surface area (Å²) < 4.78 is -0.572. The molecule has 0 saturated heterocycles. The Kier molecular flexibility index (Phi) is 1.68. The zero-order valence-corrected chi connectivity index (χ0v) is 8.86. The highest BCUT2D eigenvalue weighted by atomic mass is 79.9. The second-order valence-electron chi connectivity index (χ2n) is 2.92. The first-order chi connectivity index (χ1) is 4.32. The second-order valence-corrected chi connectivity index (χ2v) is 6.22. The van der Waals surface area contributed by atoms with E-state index in [-0.39, 0.29) is 14.6 Å². The molecule has 2 nitrogen and oxygen atoms in total. The molecule has 1 aliphatic rings. The van der Waals surface area contributed by atoms with Crippen LogP contribution in [-0.4, -0.2) is 19.7 Å². The zero-order valence-electron chi connectivity index (χ0n) is 5.69. The molecule has 0 aromatic rings. The highest BCUT2D eigenvalue weighted by Crippen LogP contribution is 2.65. The van der Waals surface area contributed by atoms with Gasteiger partial charge in [0, 0.05) is 0 Å². The van der Waals surface area contributed by atoms with Gasteiger partial charge in [0.15, 0.2) is 0 Å². The van der Waals surface area contributed by atoms with Crippen LogP contribution in [0.25, 0.3) is 0 Å². The zero-order chi connectivity index (χ0) is 8.15. The van der Waals surface area contributed by atoms with Gasteiger partial charge >= 0.3 is 5.97 Å². The van der Waals surface area contributed by atoms with E-state index in [9.17, 15) is 4.79 Å². The van der Waals surface area contributed by atoms with Gasteiger partial charge in [-0.15, -0.1) is 0 Å². The van der Waals surface area contributed by atoms with Gasteiger partial charge in [-0.05, 0) is 13.8 Å². The monoisotopic (exact) mass is 270 g/mol. The van der Waals surface area contributed by atoms with Gasteiger partial charge in [-0.1, -0.05) is 31.9 Å². The van der Waals surface area contributed by atoms with E-state index in [1.807, 2.05) is 13.8 Å². The van der Waals surface area contributed by atoms with Crippen molar-refractivity contribution in [2.45, 2.75) is 22.5 Å². The number of hydrogen-bond acceptors (Lipinski definition) is 1. The van der Waals surface area contributed by atoms with Gasteiger partial charge in [0.05, 0.1) is 14.6 Å². The van der Waals surface area contributed by atoms with E-state index < -0.39 is 5.97 Å². The molecule has 0 radical (unpaired) electrons. The Labute approximate surface area is 76.2 Å². The van der Waals surface area contributed by atoms with Gasteiger partial charge in [0.1, 0.15) is 0 Å². The van der Waals surface area contributed by atoms with Gasteiger partial charge in [-0.3, -0.25) is 4.79 Å². The molecule has 0 aromatic heterocycles. The van der Waals surface area contributed by atoms with Crippen LogP contribution in [0.1, 0.15) is 13.8 Å². The molecule has 1 N–H and O–H groups in total. The van der Waals surface area contributed by atoms with Gasteiger partial charge in [-0.25, -0.2) is 0 Å². The number of carbonyl (C=O) groups is 1. The predicted octanol–water partition coefficient (Wildman–Crippen LogP) is 2.01. The fraction of sp³-hybridized carbons (Fsp3) is 0.833. The molecule has 4 heteroatoms. The Morgan fingerprint density at radius 2 is 1.70 bits per heavy atom. The first-order valence-electron chi connectivity index (χ1n) is 2.92. The molecule has 0 spiro atoms. The number of alkyl halides is 2. The Hall–Kier alpha value is 0.430. The first-order valence-corrected chi connectivity index (χ1v) is 4.51. The van der Waals surface area contributed by atoms with E-state index in [4.69, 9.17) is 5.11 Å². The molecule has 2 atom stereocenters. The summed E-state index contributed by atoms with van der Waals surface area (Å²) in [5, 5.41) is 8.66. The van der Waals surface area contributed by atoms with E-state index in [2.05, 4.69) is 31.9 Å². The standard InChI is InChI=1S/C6H8Br2O2/c1-5(7)3(4(9)10)6(5,2)8/h3H,1-2H3,(H,9,10). The Morgan fingerprint density at radius 1 is 1.40 bits per heavy atom. The lowest BCUT2D eigenvalue weighted by Gasteiger charge is -1.99. The first kappa shape index (κ1) is 8.53. The summed E-state index contributed by atoms with van der Waals surface area (Å²) >= 11 is 6.69. The van der Waals surface area contributed by atoms with Crippen LogP contribution < -0.4 is 0 Å². The fourth-order valence-corrected chi connectivity index (χ4v) is 3.02. The molecule has 1 rings (SSSR count). The van der Waals surface area contributed by atoms with Crippen molar-refractivity contribution in [2.24, 2.45) is 5.92 Å². The summed E-state index contributed by atoms with van der Waals surface area (Å²) in [6.07, 6.45) is 0. The third kappa shape index (κ3) is 0.848. The predicted molar refractivity (Wildman–Crippen MR) is 45.8 cm³/mol. The average molecular weight is 272 g/mol. The highest BCUT2D eigenvalue weighted by molar-refractivity contribution is 9.13. The largest absolute Gasteiger partial charge is 0.481 e. The van der Waals surface area contributed by atoms with E-state index in [1.54, 1.807) is 0 Å². The number of carboxylic acid groups (broad SMARTS) is 1. The summed E-state index contributed by atoms with van der Waals surface area (Å²) in [7, 11) is 0. The summed E-state index contributed by atoms with van der Waals surface area (Å²) in [6.45, 7) is 3.75. The molecule has 2 unspecified atom stereocenters. The summed E-state index contributed by atoms with van der Waals surface area (Å²) in [4.78, 5) is 10.5. The van der Waals surface area contributed by atoms with Crippen molar-refractivity contribution >= 4 is 37.8 Å². The maximum absolute atomic E-state index is 10.5. The van der Waals surface area contributed by atoms with Crippen LogP contribution in [0.4, 0.5) is 0 Å². The van der Waals surface area contributed by atoms with Crippen LogP contribution in [0.5, 0.6) is 0 Å². The van der Waals surface area contributed by atoms with Crippen molar-refractivity contribution in [1.29, 1.82) is 0 Å². The van der Waals surface area contributed by atoms with Crippen molar-refractivity contribution in [3.8, 4) is 0 Å². The molecular weight excluding hydrogens is 264 g/mol. The van der Waals surface area contributed by atoms with Gasteiger partial charge in [-0.2, -0.15) is 0 Å². The number of hydrogen-bond donors (Lipinski definition) is 1. The van der Waals surface area contributed by atoms with E-state index in [1.165, 1.54) is 0 Å². The normalized spacial score (nSPS) is 52.6.